The molecule has 0 aliphatic rings. The number of hydrogen-bond donors (Lipinski definition) is 0. The van der Waals surface area contributed by atoms with E-state index in [-0.39, 0.29) is 0 Å². The van der Waals surface area contributed by atoms with Gasteiger partial charge in [-0.05, 0) is 41.1 Å². The minimum Gasteiger partial charge on any atom is -0.201 e. The molecule has 0 saturated heterocycles. The fourth-order valence-corrected chi connectivity index (χ4v) is 2.79. The van der Waals surface area contributed by atoms with E-state index in [1.807, 2.05) is 43.6 Å². The Kier molecular flexibility index (Phi) is 3.10. The second kappa shape index (κ2) is 6.37. The predicted molar refractivity (Wildman–Crippen MR) is 97.3 cm³/mol. The third-order valence-corrected chi connectivity index (χ3v) is 4.22. The van der Waals surface area contributed by atoms with E-state index < -0.39 is 12.7 Å². The molecule has 0 bridgehead atoms. The van der Waals surface area contributed by atoms with Gasteiger partial charge in [0.25, 0.3) is 0 Å². The van der Waals surface area contributed by atoms with Crippen LogP contribution in [-0.4, -0.2) is 0 Å². The van der Waals surface area contributed by atoms with E-state index in [1.54, 1.807) is 12.1 Å². The first-order valence-corrected chi connectivity index (χ1v) is 7.78. The van der Waals surface area contributed by atoms with E-state index in [0.717, 1.165) is 16.8 Å². The van der Waals surface area contributed by atoms with E-state index in [1.165, 1.54) is 18.1 Å². The van der Waals surface area contributed by atoms with Crippen LogP contribution in [0.15, 0.2) is 66.9 Å². The van der Waals surface area contributed by atoms with Gasteiger partial charge in [0, 0.05) is 23.2 Å². The molecule has 23 heavy (non-hydrogen) atoms. The topological polar surface area (TPSA) is 3.88 Å². The number of nitrogens with zero attached hydrogens (tertiary/aromatic N) is 1. The highest BCUT2D eigenvalue weighted by atomic mass is 14.9. The SMILES string of the molecule is [2H]C([2H])([2H])C([2H])(C)c1ccc(-c2cc[n+](C)c(-c3ccccc3C)c2)cc1. The van der Waals surface area contributed by atoms with Crippen LogP contribution in [0.2, 0.25) is 0 Å². The van der Waals surface area contributed by atoms with Gasteiger partial charge in [0.1, 0.15) is 7.05 Å². The molecule has 0 aliphatic heterocycles. The van der Waals surface area contributed by atoms with Crippen LogP contribution in [0, 0.1) is 6.92 Å². The molecule has 1 aromatic heterocycles. The van der Waals surface area contributed by atoms with Crippen molar-refractivity contribution in [2.24, 2.45) is 7.05 Å². The van der Waals surface area contributed by atoms with Crippen LogP contribution in [0.25, 0.3) is 22.4 Å². The van der Waals surface area contributed by atoms with Crippen molar-refractivity contribution in [3.8, 4) is 22.4 Å². The van der Waals surface area contributed by atoms with Crippen LogP contribution in [0.1, 0.15) is 36.3 Å². The van der Waals surface area contributed by atoms with Gasteiger partial charge in [-0.2, -0.15) is 0 Å². The van der Waals surface area contributed by atoms with Gasteiger partial charge in [-0.15, -0.1) is 0 Å². The highest BCUT2D eigenvalue weighted by Gasteiger charge is 2.13. The molecule has 3 rings (SSSR count). The molecule has 2 aromatic carbocycles. The Bertz CT molecular complexity index is 957. The third-order valence-electron chi connectivity index (χ3n) is 4.22. The standard InChI is InChI=1S/C22H24N/c1-16(2)18-9-11-19(12-10-18)20-13-14-23(4)22(15-20)21-8-6-5-7-17(21)3/h5-16H,1-4H3/q+1/i1D3,16D. The number of pyridine rings is 1. The van der Waals surface area contributed by atoms with Crippen LogP contribution < -0.4 is 4.57 Å². The molecule has 0 radical (unpaired) electrons. The van der Waals surface area contributed by atoms with Crippen molar-refractivity contribution in [1.82, 2.24) is 0 Å². The number of hydrogen-bond acceptors (Lipinski definition) is 0. The lowest BCUT2D eigenvalue weighted by Crippen LogP contribution is -2.30. The van der Waals surface area contributed by atoms with E-state index >= 15 is 0 Å². The van der Waals surface area contributed by atoms with Gasteiger partial charge in [-0.3, -0.25) is 0 Å². The van der Waals surface area contributed by atoms with Crippen LogP contribution in [0.5, 0.6) is 0 Å². The quantitative estimate of drug-likeness (QED) is 0.580. The van der Waals surface area contributed by atoms with Gasteiger partial charge in [0.15, 0.2) is 6.20 Å². The lowest BCUT2D eigenvalue weighted by molar-refractivity contribution is -0.660. The molecular weight excluding hydrogens is 278 g/mol. The first-order valence-electron chi connectivity index (χ1n) is 9.78. The molecule has 1 nitrogen and oxygen atoms in total. The molecule has 0 fully saturated rings. The third kappa shape index (κ3) is 3.19. The van der Waals surface area contributed by atoms with Crippen molar-refractivity contribution < 1.29 is 10.1 Å². The molecule has 1 atom stereocenters. The van der Waals surface area contributed by atoms with Gasteiger partial charge in [0.05, 0.1) is 0 Å². The molecule has 1 heterocycles. The molecule has 0 amide bonds. The van der Waals surface area contributed by atoms with Crippen LogP contribution in [0.3, 0.4) is 0 Å². The zero-order valence-corrected chi connectivity index (χ0v) is 13.8. The predicted octanol–water partition coefficient (Wildman–Crippen LogP) is 5.28. The molecule has 0 N–H and O–H groups in total. The van der Waals surface area contributed by atoms with Crippen molar-refractivity contribution in [2.75, 3.05) is 0 Å². The maximum atomic E-state index is 8.23. The molecule has 0 aliphatic carbocycles. The highest BCUT2D eigenvalue weighted by molar-refractivity contribution is 5.70. The fraction of sp³-hybridized carbons (Fsp3) is 0.227. The summed E-state index contributed by atoms with van der Waals surface area (Å²) in [5.74, 6) is -1.62. The van der Waals surface area contributed by atoms with Gasteiger partial charge in [-0.25, -0.2) is 4.57 Å². The van der Waals surface area contributed by atoms with Crippen molar-refractivity contribution in [2.45, 2.75) is 26.6 Å². The normalized spacial score (nSPS) is 16.7. The van der Waals surface area contributed by atoms with E-state index in [9.17, 15) is 0 Å². The van der Waals surface area contributed by atoms with Crippen molar-refractivity contribution >= 4 is 0 Å². The Labute approximate surface area is 144 Å². The second-order valence-electron chi connectivity index (χ2n) is 5.93. The van der Waals surface area contributed by atoms with Crippen LogP contribution in [0.4, 0.5) is 0 Å². The minimum absolute atomic E-state index is 0.492. The van der Waals surface area contributed by atoms with Crippen molar-refractivity contribution in [3.05, 3.63) is 78.0 Å². The Morgan fingerprint density at radius 3 is 2.43 bits per heavy atom. The van der Waals surface area contributed by atoms with Gasteiger partial charge < -0.3 is 0 Å². The van der Waals surface area contributed by atoms with E-state index in [0.29, 0.717) is 5.56 Å². The van der Waals surface area contributed by atoms with Gasteiger partial charge >= 0.3 is 0 Å². The molecular formula is C22H24N+. The molecule has 0 spiro atoms. The molecule has 116 valence electrons. The Balaban J connectivity index is 2.01. The first kappa shape index (κ1) is 11.2. The van der Waals surface area contributed by atoms with Crippen molar-refractivity contribution in [1.29, 1.82) is 0 Å². The molecule has 0 saturated carbocycles. The maximum Gasteiger partial charge on any atom is 0.213 e. The van der Waals surface area contributed by atoms with Crippen molar-refractivity contribution in [3.63, 3.8) is 0 Å². The summed E-state index contributed by atoms with van der Waals surface area (Å²) in [6.07, 6.45) is 2.03. The maximum absolute atomic E-state index is 8.23. The lowest BCUT2D eigenvalue weighted by Gasteiger charge is -2.09. The summed E-state index contributed by atoms with van der Waals surface area (Å²) in [7, 11) is 2.02. The molecule has 1 heteroatoms. The van der Waals surface area contributed by atoms with Gasteiger partial charge in [0.2, 0.25) is 5.69 Å². The zero-order valence-electron chi connectivity index (χ0n) is 17.8. The summed E-state index contributed by atoms with van der Waals surface area (Å²) in [6, 6.07) is 19.7. The van der Waals surface area contributed by atoms with E-state index in [2.05, 4.69) is 29.7 Å². The average Bonchev–Trinajstić information content (AvgIpc) is 2.62. The van der Waals surface area contributed by atoms with Gasteiger partial charge in [-0.1, -0.05) is 56.2 Å². The summed E-state index contributed by atoms with van der Waals surface area (Å²) in [5, 5.41) is 0. The summed E-state index contributed by atoms with van der Waals surface area (Å²) >= 11 is 0. The minimum atomic E-state index is -2.37. The molecule has 3 aromatic rings. The molecule has 1 unspecified atom stereocenters. The summed E-state index contributed by atoms with van der Waals surface area (Å²) in [5.41, 5.74) is 6.05. The Morgan fingerprint density at radius 1 is 1.00 bits per heavy atom. The first-order chi connectivity index (χ1) is 12.6. The number of aromatic nitrogens is 1. The van der Waals surface area contributed by atoms with Crippen LogP contribution >= 0.6 is 0 Å². The summed E-state index contributed by atoms with van der Waals surface area (Å²) < 4.78 is 33.1. The summed E-state index contributed by atoms with van der Waals surface area (Å²) in [4.78, 5) is 0. The monoisotopic (exact) mass is 306 g/mol. The Morgan fingerprint density at radius 2 is 1.74 bits per heavy atom. The fourth-order valence-electron chi connectivity index (χ4n) is 2.79. The van der Waals surface area contributed by atoms with E-state index in [4.69, 9.17) is 5.48 Å². The number of aryl methyl sites for hydroxylation is 2. The Hall–Kier alpha value is -2.41. The largest absolute Gasteiger partial charge is 0.213 e. The highest BCUT2D eigenvalue weighted by Crippen LogP contribution is 2.26. The summed E-state index contributed by atoms with van der Waals surface area (Å²) in [6.45, 7) is 1.17. The number of rotatable bonds is 3. The van der Waals surface area contributed by atoms with Crippen LogP contribution in [-0.2, 0) is 7.05 Å². The smallest absolute Gasteiger partial charge is 0.201 e. The lowest BCUT2D eigenvalue weighted by atomic mass is 9.97. The average molecular weight is 306 g/mol. The zero-order chi connectivity index (χ0) is 19.8. The second-order valence-corrected chi connectivity index (χ2v) is 5.93. The number of benzene rings is 2.